The monoisotopic (exact) mass is 228 g/mol. The van der Waals surface area contributed by atoms with Crippen LogP contribution in [0.4, 0.5) is 0 Å². The Balaban J connectivity index is 2.64. The van der Waals surface area contributed by atoms with Crippen molar-refractivity contribution in [2.24, 2.45) is 5.73 Å². The summed E-state index contributed by atoms with van der Waals surface area (Å²) >= 11 is 0. The van der Waals surface area contributed by atoms with Crippen molar-refractivity contribution in [3.8, 4) is 0 Å². The lowest BCUT2D eigenvalue weighted by molar-refractivity contribution is 0.785. The molecule has 1 atom stereocenters. The van der Waals surface area contributed by atoms with Gasteiger partial charge in [0.05, 0.1) is 11.2 Å². The zero-order valence-electron chi connectivity index (χ0n) is 11.0. The highest BCUT2D eigenvalue weighted by atomic mass is 14.8. The summed E-state index contributed by atoms with van der Waals surface area (Å²) in [5.74, 6) is 0.548. The van der Waals surface area contributed by atoms with Crippen LogP contribution in [0.25, 0.3) is 10.9 Å². The van der Waals surface area contributed by atoms with Crippen molar-refractivity contribution in [3.05, 3.63) is 41.1 Å². The van der Waals surface area contributed by atoms with Crippen LogP contribution in [0.5, 0.6) is 0 Å². The molecule has 17 heavy (non-hydrogen) atoms. The Morgan fingerprint density at radius 3 is 2.41 bits per heavy atom. The van der Waals surface area contributed by atoms with Crippen LogP contribution in [-0.4, -0.2) is 4.98 Å². The van der Waals surface area contributed by atoms with Gasteiger partial charge in [-0.2, -0.15) is 0 Å². The van der Waals surface area contributed by atoms with Crippen LogP contribution < -0.4 is 5.73 Å². The largest absolute Gasteiger partial charge is 0.323 e. The summed E-state index contributed by atoms with van der Waals surface area (Å²) in [4.78, 5) is 4.61. The predicted molar refractivity (Wildman–Crippen MR) is 73.2 cm³/mol. The van der Waals surface area contributed by atoms with Crippen LogP contribution in [0.3, 0.4) is 0 Å². The van der Waals surface area contributed by atoms with Gasteiger partial charge in [-0.05, 0) is 49.1 Å². The van der Waals surface area contributed by atoms with E-state index in [2.05, 4.69) is 50.0 Å². The molecule has 0 fully saturated rings. The first kappa shape index (κ1) is 12.1. The quantitative estimate of drug-likeness (QED) is 0.851. The molecule has 0 amide bonds. The van der Waals surface area contributed by atoms with Crippen LogP contribution in [0.1, 0.15) is 49.6 Å². The molecular weight excluding hydrogens is 208 g/mol. The number of aryl methyl sites for hydroxylation is 1. The first-order chi connectivity index (χ1) is 7.99. The number of fused-ring (bicyclic) bond motifs is 1. The molecule has 0 bridgehead atoms. The maximum atomic E-state index is 5.89. The van der Waals surface area contributed by atoms with Crippen LogP contribution in [-0.2, 0) is 0 Å². The second-order valence-corrected chi connectivity index (χ2v) is 5.08. The fourth-order valence-electron chi connectivity index (χ4n) is 2.03. The average Bonchev–Trinajstić information content (AvgIpc) is 2.28. The summed E-state index contributed by atoms with van der Waals surface area (Å²) in [5.41, 5.74) is 10.5. The summed E-state index contributed by atoms with van der Waals surface area (Å²) in [7, 11) is 0. The van der Waals surface area contributed by atoms with E-state index < -0.39 is 0 Å². The van der Waals surface area contributed by atoms with Gasteiger partial charge in [0.25, 0.3) is 0 Å². The smallest absolute Gasteiger partial charge is 0.0708 e. The van der Waals surface area contributed by atoms with Gasteiger partial charge in [0.15, 0.2) is 0 Å². The minimum absolute atomic E-state index is 0.0112. The molecule has 2 nitrogen and oxygen atoms in total. The lowest BCUT2D eigenvalue weighted by Crippen LogP contribution is -2.07. The van der Waals surface area contributed by atoms with Gasteiger partial charge in [0.2, 0.25) is 0 Å². The van der Waals surface area contributed by atoms with E-state index in [9.17, 15) is 0 Å². The molecule has 1 aromatic heterocycles. The van der Waals surface area contributed by atoms with Crippen molar-refractivity contribution in [2.75, 3.05) is 0 Å². The SMILES string of the molecule is Cc1cc(C(C)N)nc2ccc(C(C)C)cc12. The summed E-state index contributed by atoms with van der Waals surface area (Å²) in [6, 6.07) is 8.58. The van der Waals surface area contributed by atoms with Crippen LogP contribution >= 0.6 is 0 Å². The average molecular weight is 228 g/mol. The number of hydrogen-bond donors (Lipinski definition) is 1. The van der Waals surface area contributed by atoms with Gasteiger partial charge >= 0.3 is 0 Å². The third kappa shape index (κ3) is 2.32. The number of nitrogens with zero attached hydrogens (tertiary/aromatic N) is 1. The molecule has 2 rings (SSSR count). The van der Waals surface area contributed by atoms with E-state index >= 15 is 0 Å². The van der Waals surface area contributed by atoms with Crippen LogP contribution in [0.2, 0.25) is 0 Å². The summed E-state index contributed by atoms with van der Waals surface area (Å²) in [6.07, 6.45) is 0. The van der Waals surface area contributed by atoms with Crippen molar-refractivity contribution in [3.63, 3.8) is 0 Å². The normalized spacial score (nSPS) is 13.3. The molecule has 1 aromatic carbocycles. The van der Waals surface area contributed by atoms with Gasteiger partial charge < -0.3 is 5.73 Å². The first-order valence-corrected chi connectivity index (χ1v) is 6.16. The Labute approximate surface area is 103 Å². The second-order valence-electron chi connectivity index (χ2n) is 5.08. The predicted octanol–water partition coefficient (Wildman–Crippen LogP) is 3.69. The molecule has 0 aliphatic carbocycles. The third-order valence-electron chi connectivity index (χ3n) is 3.19. The standard InChI is InChI=1S/C15H20N2/c1-9(2)12-5-6-14-13(8-12)10(3)7-15(17-14)11(4)16/h5-9,11H,16H2,1-4H3. The van der Waals surface area contributed by atoms with Gasteiger partial charge in [-0.25, -0.2) is 0 Å². The number of benzene rings is 1. The topological polar surface area (TPSA) is 38.9 Å². The highest BCUT2D eigenvalue weighted by Gasteiger charge is 2.08. The minimum atomic E-state index is -0.0112. The van der Waals surface area contributed by atoms with Gasteiger partial charge in [-0.15, -0.1) is 0 Å². The molecule has 0 aliphatic rings. The molecule has 90 valence electrons. The molecule has 0 radical (unpaired) electrons. The highest BCUT2D eigenvalue weighted by Crippen LogP contribution is 2.24. The lowest BCUT2D eigenvalue weighted by Gasteiger charge is -2.11. The molecule has 2 heteroatoms. The van der Waals surface area contributed by atoms with E-state index in [4.69, 9.17) is 5.73 Å². The van der Waals surface area contributed by atoms with Crippen LogP contribution in [0, 0.1) is 6.92 Å². The van der Waals surface area contributed by atoms with Crippen molar-refractivity contribution >= 4 is 10.9 Å². The summed E-state index contributed by atoms with van der Waals surface area (Å²) < 4.78 is 0. The van der Waals surface area contributed by atoms with E-state index in [-0.39, 0.29) is 6.04 Å². The number of nitrogens with two attached hydrogens (primary N) is 1. The van der Waals surface area contributed by atoms with Crippen molar-refractivity contribution in [2.45, 2.75) is 39.7 Å². The summed E-state index contributed by atoms with van der Waals surface area (Å²) in [6.45, 7) is 8.51. The third-order valence-corrected chi connectivity index (χ3v) is 3.19. The molecule has 0 saturated carbocycles. The van der Waals surface area contributed by atoms with Crippen molar-refractivity contribution < 1.29 is 0 Å². The number of aromatic nitrogens is 1. The Hall–Kier alpha value is -1.41. The van der Waals surface area contributed by atoms with E-state index in [1.807, 2.05) is 6.92 Å². The molecule has 1 unspecified atom stereocenters. The Kier molecular flexibility index (Phi) is 3.16. The maximum absolute atomic E-state index is 5.89. The number of rotatable bonds is 2. The lowest BCUT2D eigenvalue weighted by atomic mass is 9.98. The number of pyridine rings is 1. The Morgan fingerprint density at radius 2 is 1.82 bits per heavy atom. The molecule has 0 aliphatic heterocycles. The zero-order chi connectivity index (χ0) is 12.6. The molecule has 2 aromatic rings. The fraction of sp³-hybridized carbons (Fsp3) is 0.400. The van der Waals surface area contributed by atoms with Gasteiger partial charge in [0.1, 0.15) is 0 Å². The van der Waals surface area contributed by atoms with Gasteiger partial charge in [-0.3, -0.25) is 4.98 Å². The van der Waals surface area contributed by atoms with Crippen molar-refractivity contribution in [1.82, 2.24) is 4.98 Å². The Morgan fingerprint density at radius 1 is 1.12 bits per heavy atom. The van der Waals surface area contributed by atoms with E-state index in [0.717, 1.165) is 11.2 Å². The highest BCUT2D eigenvalue weighted by molar-refractivity contribution is 5.83. The minimum Gasteiger partial charge on any atom is -0.323 e. The van der Waals surface area contributed by atoms with E-state index in [1.165, 1.54) is 16.5 Å². The molecular formula is C15H20N2. The van der Waals surface area contributed by atoms with Crippen LogP contribution in [0.15, 0.2) is 24.3 Å². The first-order valence-electron chi connectivity index (χ1n) is 6.16. The molecule has 0 saturated heterocycles. The maximum Gasteiger partial charge on any atom is 0.0708 e. The Bertz CT molecular complexity index is 542. The molecule has 1 heterocycles. The van der Waals surface area contributed by atoms with Crippen molar-refractivity contribution in [1.29, 1.82) is 0 Å². The fourth-order valence-corrected chi connectivity index (χ4v) is 2.03. The van der Waals surface area contributed by atoms with E-state index in [1.54, 1.807) is 0 Å². The van der Waals surface area contributed by atoms with Gasteiger partial charge in [0, 0.05) is 11.4 Å². The van der Waals surface area contributed by atoms with Gasteiger partial charge in [-0.1, -0.05) is 19.9 Å². The number of hydrogen-bond acceptors (Lipinski definition) is 2. The summed E-state index contributed by atoms with van der Waals surface area (Å²) in [5, 5.41) is 1.24. The zero-order valence-corrected chi connectivity index (χ0v) is 11.0. The van der Waals surface area contributed by atoms with E-state index in [0.29, 0.717) is 5.92 Å². The molecule has 0 spiro atoms. The second kappa shape index (κ2) is 4.46. The molecule has 2 N–H and O–H groups in total.